The molecule has 3 N–H and O–H groups in total. The number of nitrogens with two attached hydrogens (primary N) is 1. The van der Waals surface area contributed by atoms with E-state index < -0.39 is 10.0 Å². The van der Waals surface area contributed by atoms with Gasteiger partial charge in [-0.25, -0.2) is 13.1 Å². The van der Waals surface area contributed by atoms with Crippen LogP contribution in [-0.2, 0) is 16.6 Å². The normalized spacial score (nSPS) is 22.9. The number of hydrogen-bond donors (Lipinski definition) is 2. The summed E-state index contributed by atoms with van der Waals surface area (Å²) in [4.78, 5) is 2.37. The number of nitrogens with one attached hydrogen (secondary N) is 1. The molecule has 0 bridgehead atoms. The monoisotopic (exact) mass is 311 g/mol. The molecular weight excluding hydrogens is 286 g/mol. The smallest absolute Gasteiger partial charge is 0.240 e. The maximum Gasteiger partial charge on any atom is 0.240 e. The summed E-state index contributed by atoms with van der Waals surface area (Å²) in [7, 11) is 0.520. The predicted molar refractivity (Wildman–Crippen MR) is 84.3 cm³/mol. The number of nitrogens with zero attached hydrogens (tertiary/aromatic N) is 1. The number of hydrogen-bond acceptors (Lipinski definition) is 4. The molecule has 0 radical (unpaired) electrons. The first-order valence-electron chi connectivity index (χ1n) is 7.38. The molecule has 0 aliphatic heterocycles. The second-order valence-corrected chi connectivity index (χ2v) is 7.75. The highest BCUT2D eigenvalue weighted by Crippen LogP contribution is 2.26. The van der Waals surface area contributed by atoms with Crippen molar-refractivity contribution < 1.29 is 8.42 Å². The van der Waals surface area contributed by atoms with Gasteiger partial charge in [0.05, 0.1) is 4.90 Å². The Morgan fingerprint density at radius 1 is 1.24 bits per heavy atom. The molecule has 1 aromatic carbocycles. The summed E-state index contributed by atoms with van der Waals surface area (Å²) in [6, 6.07) is 7.05. The minimum atomic E-state index is -3.45. The molecule has 1 fully saturated rings. The number of rotatable bonds is 6. The summed E-state index contributed by atoms with van der Waals surface area (Å²) in [6.45, 7) is 1.33. The van der Waals surface area contributed by atoms with Crippen molar-refractivity contribution in [2.75, 3.05) is 20.6 Å². The zero-order valence-electron chi connectivity index (χ0n) is 12.7. The van der Waals surface area contributed by atoms with Crippen molar-refractivity contribution in [3.05, 3.63) is 29.8 Å². The quantitative estimate of drug-likeness (QED) is 0.826. The predicted octanol–water partition coefficient (Wildman–Crippen LogP) is 1.15. The van der Waals surface area contributed by atoms with E-state index in [9.17, 15) is 8.42 Å². The van der Waals surface area contributed by atoms with Crippen LogP contribution in [0.4, 0.5) is 0 Å². The average molecular weight is 311 g/mol. The maximum atomic E-state index is 12.4. The van der Waals surface area contributed by atoms with Crippen LogP contribution in [0.1, 0.15) is 24.8 Å². The van der Waals surface area contributed by atoms with Gasteiger partial charge in [0.2, 0.25) is 10.0 Å². The molecule has 0 unspecified atom stereocenters. The Kier molecular flexibility index (Phi) is 5.37. The van der Waals surface area contributed by atoms with Crippen molar-refractivity contribution in [3.63, 3.8) is 0 Å². The molecule has 0 amide bonds. The summed E-state index contributed by atoms with van der Waals surface area (Å²) >= 11 is 0. The summed E-state index contributed by atoms with van der Waals surface area (Å²) in [6.07, 6.45) is 2.92. The molecule has 0 heterocycles. The van der Waals surface area contributed by atoms with Crippen LogP contribution in [0.25, 0.3) is 0 Å². The van der Waals surface area contributed by atoms with Crippen LogP contribution in [-0.4, -0.2) is 40.0 Å². The Morgan fingerprint density at radius 3 is 2.48 bits per heavy atom. The molecule has 0 saturated heterocycles. The molecule has 6 heteroatoms. The molecule has 0 spiro atoms. The van der Waals surface area contributed by atoms with Gasteiger partial charge in [-0.05, 0) is 57.1 Å². The summed E-state index contributed by atoms with van der Waals surface area (Å²) in [5, 5.41) is 0. The second kappa shape index (κ2) is 6.87. The Balaban J connectivity index is 2.08. The fourth-order valence-electron chi connectivity index (χ4n) is 2.88. The van der Waals surface area contributed by atoms with E-state index in [0.717, 1.165) is 31.4 Å². The third-order valence-electron chi connectivity index (χ3n) is 4.00. The van der Waals surface area contributed by atoms with E-state index in [0.29, 0.717) is 11.4 Å². The first-order valence-corrected chi connectivity index (χ1v) is 8.87. The van der Waals surface area contributed by atoms with E-state index in [1.807, 2.05) is 31.1 Å². The minimum absolute atomic E-state index is 0.0264. The van der Waals surface area contributed by atoms with Crippen molar-refractivity contribution in [1.82, 2.24) is 9.62 Å². The highest BCUT2D eigenvalue weighted by molar-refractivity contribution is 7.89. The van der Waals surface area contributed by atoms with Gasteiger partial charge in [0.25, 0.3) is 0 Å². The highest BCUT2D eigenvalue weighted by atomic mass is 32.2. The van der Waals surface area contributed by atoms with Crippen molar-refractivity contribution in [1.29, 1.82) is 0 Å². The average Bonchev–Trinajstić information content (AvgIpc) is 2.85. The van der Waals surface area contributed by atoms with Crippen LogP contribution in [0.3, 0.4) is 0 Å². The lowest BCUT2D eigenvalue weighted by molar-refractivity contribution is 0.402. The largest absolute Gasteiger partial charge is 0.330 e. The molecule has 1 aromatic rings. The van der Waals surface area contributed by atoms with E-state index in [1.165, 1.54) is 0 Å². The van der Waals surface area contributed by atoms with Crippen molar-refractivity contribution in [3.8, 4) is 0 Å². The molecule has 1 aliphatic rings. The fraction of sp³-hybridized carbons (Fsp3) is 0.600. The van der Waals surface area contributed by atoms with Gasteiger partial charge in [-0.3, -0.25) is 0 Å². The molecule has 118 valence electrons. The van der Waals surface area contributed by atoms with E-state index in [-0.39, 0.29) is 12.0 Å². The zero-order chi connectivity index (χ0) is 15.5. The van der Waals surface area contributed by atoms with Crippen molar-refractivity contribution in [2.24, 2.45) is 11.7 Å². The molecule has 0 aromatic heterocycles. The second-order valence-electron chi connectivity index (χ2n) is 6.04. The van der Waals surface area contributed by atoms with Crippen molar-refractivity contribution >= 4 is 10.0 Å². The van der Waals surface area contributed by atoms with Gasteiger partial charge in [-0.15, -0.1) is 0 Å². The van der Waals surface area contributed by atoms with E-state index in [4.69, 9.17) is 5.73 Å². The lowest BCUT2D eigenvalue weighted by atomic mass is 10.1. The zero-order valence-corrected chi connectivity index (χ0v) is 13.6. The van der Waals surface area contributed by atoms with Crippen LogP contribution < -0.4 is 10.5 Å². The van der Waals surface area contributed by atoms with Gasteiger partial charge in [0.15, 0.2) is 0 Å². The molecule has 21 heavy (non-hydrogen) atoms. The van der Waals surface area contributed by atoms with Crippen LogP contribution in [0.2, 0.25) is 0 Å². The topological polar surface area (TPSA) is 75.4 Å². The minimum Gasteiger partial charge on any atom is -0.330 e. The third-order valence-corrected chi connectivity index (χ3v) is 5.51. The molecule has 1 aliphatic carbocycles. The summed E-state index contributed by atoms with van der Waals surface area (Å²) in [5.41, 5.74) is 6.81. The highest BCUT2D eigenvalue weighted by Gasteiger charge is 2.30. The Hall–Kier alpha value is -0.950. The Bertz CT molecular complexity index is 555. The van der Waals surface area contributed by atoms with E-state index >= 15 is 0 Å². The first-order chi connectivity index (χ1) is 9.92. The van der Waals surface area contributed by atoms with Crippen LogP contribution in [0.5, 0.6) is 0 Å². The fourth-order valence-corrected chi connectivity index (χ4v) is 4.22. The van der Waals surface area contributed by atoms with Crippen LogP contribution in [0.15, 0.2) is 29.2 Å². The van der Waals surface area contributed by atoms with Crippen LogP contribution in [0, 0.1) is 5.92 Å². The van der Waals surface area contributed by atoms with Gasteiger partial charge in [0.1, 0.15) is 0 Å². The van der Waals surface area contributed by atoms with E-state index in [2.05, 4.69) is 4.72 Å². The van der Waals surface area contributed by atoms with Gasteiger partial charge in [0, 0.05) is 12.6 Å². The lowest BCUT2D eigenvalue weighted by Crippen LogP contribution is -2.39. The van der Waals surface area contributed by atoms with Gasteiger partial charge in [-0.1, -0.05) is 18.6 Å². The van der Waals surface area contributed by atoms with Gasteiger partial charge < -0.3 is 10.6 Å². The number of sulfonamides is 1. The molecular formula is C15H25N3O2S. The molecule has 2 atom stereocenters. The van der Waals surface area contributed by atoms with Crippen molar-refractivity contribution in [2.45, 2.75) is 36.7 Å². The Labute approximate surface area is 127 Å². The Morgan fingerprint density at radius 2 is 1.90 bits per heavy atom. The lowest BCUT2D eigenvalue weighted by Gasteiger charge is -2.19. The molecule has 5 nitrogen and oxygen atoms in total. The number of benzene rings is 1. The molecule has 1 saturated carbocycles. The van der Waals surface area contributed by atoms with E-state index in [1.54, 1.807) is 12.1 Å². The first kappa shape index (κ1) is 16.4. The van der Waals surface area contributed by atoms with Crippen LogP contribution >= 0.6 is 0 Å². The molecule has 2 rings (SSSR count). The standard InChI is InChI=1S/C15H25N3O2S/c1-18(2)11-12-6-8-14(9-7-12)21(19,20)17-15-5-3-4-13(15)10-16/h6-9,13,15,17H,3-5,10-11,16H2,1-2H3/t13-,15-/m0/s1. The summed E-state index contributed by atoms with van der Waals surface area (Å²) < 4.78 is 27.7. The van der Waals surface area contributed by atoms with Gasteiger partial charge in [-0.2, -0.15) is 0 Å². The maximum absolute atomic E-state index is 12.4. The summed E-state index contributed by atoms with van der Waals surface area (Å²) in [5.74, 6) is 0.257. The van der Waals surface area contributed by atoms with Gasteiger partial charge >= 0.3 is 0 Å². The third kappa shape index (κ3) is 4.26. The SMILES string of the molecule is CN(C)Cc1ccc(S(=O)(=O)N[C@H]2CCC[C@H]2CN)cc1.